The molecule has 0 bridgehead atoms. The third-order valence-corrected chi connectivity index (χ3v) is 4.31. The average Bonchev–Trinajstić information content (AvgIpc) is 2.57. The van der Waals surface area contributed by atoms with Gasteiger partial charge in [0.25, 0.3) is 0 Å². The molecule has 0 aliphatic carbocycles. The van der Waals surface area contributed by atoms with Crippen LogP contribution in [0.25, 0.3) is 0 Å². The highest BCUT2D eigenvalue weighted by molar-refractivity contribution is 6.30. The molecular formula is C20H34ClNO. The first kappa shape index (κ1) is 20.5. The Balaban J connectivity index is 1.77. The summed E-state index contributed by atoms with van der Waals surface area (Å²) < 4.78 is 5.67. The average molecular weight is 340 g/mol. The van der Waals surface area contributed by atoms with E-state index >= 15 is 0 Å². The maximum atomic E-state index is 5.86. The number of nitrogens with one attached hydrogen (secondary N) is 1. The number of rotatable bonds is 15. The normalized spacial score (nSPS) is 11.0. The van der Waals surface area contributed by atoms with Gasteiger partial charge in [-0.15, -0.1) is 0 Å². The maximum Gasteiger partial charge on any atom is 0.0591 e. The summed E-state index contributed by atoms with van der Waals surface area (Å²) in [5.74, 6) is 0. The van der Waals surface area contributed by atoms with Crippen LogP contribution < -0.4 is 5.32 Å². The number of unbranched alkanes of at least 4 members (excludes halogenated alkanes) is 8. The molecule has 0 spiro atoms. The second-order valence-corrected chi connectivity index (χ2v) is 6.68. The molecule has 1 N–H and O–H groups in total. The summed E-state index contributed by atoms with van der Waals surface area (Å²) in [7, 11) is 0. The lowest BCUT2D eigenvalue weighted by molar-refractivity contribution is 0.131. The van der Waals surface area contributed by atoms with Crippen LogP contribution in [0.2, 0.25) is 5.02 Å². The molecular weight excluding hydrogens is 306 g/mol. The summed E-state index contributed by atoms with van der Waals surface area (Å²) >= 11 is 5.86. The number of ether oxygens (including phenoxy) is 1. The quantitative estimate of drug-likeness (QED) is 0.397. The molecule has 0 radical (unpaired) electrons. The molecule has 0 saturated carbocycles. The van der Waals surface area contributed by atoms with Crippen molar-refractivity contribution in [1.29, 1.82) is 0 Å². The van der Waals surface area contributed by atoms with Crippen LogP contribution in [0.15, 0.2) is 24.3 Å². The zero-order valence-electron chi connectivity index (χ0n) is 14.8. The number of halogens is 1. The number of hydrogen-bond donors (Lipinski definition) is 1. The van der Waals surface area contributed by atoms with Crippen molar-refractivity contribution in [2.45, 2.75) is 71.3 Å². The molecule has 0 amide bonds. The van der Waals surface area contributed by atoms with Crippen molar-refractivity contribution in [1.82, 2.24) is 5.32 Å². The lowest BCUT2D eigenvalue weighted by Gasteiger charge is -2.07. The van der Waals surface area contributed by atoms with Crippen molar-refractivity contribution in [2.75, 3.05) is 19.8 Å². The van der Waals surface area contributed by atoms with Gasteiger partial charge in [-0.05, 0) is 24.1 Å². The van der Waals surface area contributed by atoms with Gasteiger partial charge in [-0.3, -0.25) is 0 Å². The highest BCUT2D eigenvalue weighted by Gasteiger charge is 1.95. The Morgan fingerprint density at radius 2 is 1.43 bits per heavy atom. The molecule has 0 heterocycles. The second-order valence-electron chi connectivity index (χ2n) is 6.24. The Bertz CT molecular complexity index is 366. The van der Waals surface area contributed by atoms with Crippen LogP contribution in [-0.2, 0) is 11.3 Å². The minimum absolute atomic E-state index is 0.790. The molecule has 0 aliphatic heterocycles. The summed E-state index contributed by atoms with van der Waals surface area (Å²) in [6.45, 7) is 5.74. The first-order valence-corrected chi connectivity index (χ1v) is 9.73. The molecule has 1 aromatic rings. The van der Waals surface area contributed by atoms with Crippen molar-refractivity contribution in [3.63, 3.8) is 0 Å². The van der Waals surface area contributed by atoms with Crippen molar-refractivity contribution >= 4 is 11.6 Å². The van der Waals surface area contributed by atoms with Crippen LogP contribution >= 0.6 is 11.6 Å². The fourth-order valence-electron chi connectivity index (χ4n) is 2.60. The Morgan fingerprint density at radius 3 is 2.09 bits per heavy atom. The fourth-order valence-corrected chi connectivity index (χ4v) is 2.72. The van der Waals surface area contributed by atoms with Gasteiger partial charge in [-0.2, -0.15) is 0 Å². The molecule has 2 nitrogen and oxygen atoms in total. The van der Waals surface area contributed by atoms with Crippen molar-refractivity contribution in [3.8, 4) is 0 Å². The Morgan fingerprint density at radius 1 is 0.826 bits per heavy atom. The number of hydrogen-bond acceptors (Lipinski definition) is 2. The summed E-state index contributed by atoms with van der Waals surface area (Å²) in [4.78, 5) is 0. The molecule has 1 rings (SSSR count). The van der Waals surface area contributed by atoms with Gasteiger partial charge in [-0.25, -0.2) is 0 Å². The lowest BCUT2D eigenvalue weighted by atomic mass is 10.1. The van der Waals surface area contributed by atoms with Gasteiger partial charge >= 0.3 is 0 Å². The third kappa shape index (κ3) is 12.5. The Labute approximate surface area is 148 Å². The molecule has 0 fully saturated rings. The predicted molar refractivity (Wildman–Crippen MR) is 101 cm³/mol. The third-order valence-electron chi connectivity index (χ3n) is 4.06. The molecule has 0 unspecified atom stereocenters. The molecule has 1 aromatic carbocycles. The molecule has 3 heteroatoms. The Hall–Kier alpha value is -0.570. The molecule has 0 aliphatic rings. The zero-order chi connectivity index (χ0) is 16.6. The summed E-state index contributed by atoms with van der Waals surface area (Å²) in [6.07, 6.45) is 12.3. The summed E-state index contributed by atoms with van der Waals surface area (Å²) in [5, 5.41) is 4.18. The van der Waals surface area contributed by atoms with Gasteiger partial charge in [0, 0.05) is 24.7 Å². The van der Waals surface area contributed by atoms with E-state index in [4.69, 9.17) is 16.3 Å². The SMILES string of the molecule is CCCCCCCCCCCOCCNCc1ccc(Cl)cc1. The molecule has 0 saturated heterocycles. The predicted octanol–water partition coefficient (Wildman–Crippen LogP) is 5.98. The van der Waals surface area contributed by atoms with Crippen LogP contribution in [0.3, 0.4) is 0 Å². The van der Waals surface area contributed by atoms with Crippen LogP contribution in [0.1, 0.15) is 70.3 Å². The molecule has 0 atom stereocenters. The fraction of sp³-hybridized carbons (Fsp3) is 0.700. The van der Waals surface area contributed by atoms with E-state index in [9.17, 15) is 0 Å². The van der Waals surface area contributed by atoms with E-state index in [2.05, 4.69) is 24.4 Å². The summed E-state index contributed by atoms with van der Waals surface area (Å²) in [6, 6.07) is 7.97. The van der Waals surface area contributed by atoms with Gasteiger partial charge in [0.15, 0.2) is 0 Å². The lowest BCUT2D eigenvalue weighted by Crippen LogP contribution is -2.19. The van der Waals surface area contributed by atoms with E-state index in [1.807, 2.05) is 12.1 Å². The van der Waals surface area contributed by atoms with Gasteiger partial charge in [0.1, 0.15) is 0 Å². The molecule has 132 valence electrons. The smallest absolute Gasteiger partial charge is 0.0591 e. The van der Waals surface area contributed by atoms with E-state index < -0.39 is 0 Å². The zero-order valence-corrected chi connectivity index (χ0v) is 15.5. The van der Waals surface area contributed by atoms with Gasteiger partial charge < -0.3 is 10.1 Å². The van der Waals surface area contributed by atoms with E-state index in [0.717, 1.165) is 31.3 Å². The second kappa shape index (κ2) is 15.0. The van der Waals surface area contributed by atoms with E-state index in [0.29, 0.717) is 0 Å². The van der Waals surface area contributed by atoms with E-state index in [1.54, 1.807) is 0 Å². The van der Waals surface area contributed by atoms with Crippen LogP contribution in [0.4, 0.5) is 0 Å². The van der Waals surface area contributed by atoms with Gasteiger partial charge in [0.2, 0.25) is 0 Å². The van der Waals surface area contributed by atoms with E-state index in [1.165, 1.54) is 63.4 Å². The van der Waals surface area contributed by atoms with Gasteiger partial charge in [-0.1, -0.05) is 82.0 Å². The minimum atomic E-state index is 0.790. The van der Waals surface area contributed by atoms with Crippen molar-refractivity contribution in [2.24, 2.45) is 0 Å². The largest absolute Gasteiger partial charge is 0.380 e. The topological polar surface area (TPSA) is 21.3 Å². The van der Waals surface area contributed by atoms with Crippen molar-refractivity contribution < 1.29 is 4.74 Å². The molecule has 0 aromatic heterocycles. The first-order chi connectivity index (χ1) is 11.3. The highest BCUT2D eigenvalue weighted by atomic mass is 35.5. The van der Waals surface area contributed by atoms with Crippen LogP contribution in [0.5, 0.6) is 0 Å². The first-order valence-electron chi connectivity index (χ1n) is 9.36. The monoisotopic (exact) mass is 339 g/mol. The summed E-state index contributed by atoms with van der Waals surface area (Å²) in [5.41, 5.74) is 1.26. The highest BCUT2D eigenvalue weighted by Crippen LogP contribution is 2.10. The number of benzene rings is 1. The maximum absolute atomic E-state index is 5.86. The standard InChI is InChI=1S/C20H34ClNO/c1-2-3-4-5-6-7-8-9-10-16-23-17-15-22-18-19-11-13-20(21)14-12-19/h11-14,22H,2-10,15-18H2,1H3. The molecule has 23 heavy (non-hydrogen) atoms. The van der Waals surface area contributed by atoms with Crippen LogP contribution in [0, 0.1) is 0 Å². The van der Waals surface area contributed by atoms with Crippen molar-refractivity contribution in [3.05, 3.63) is 34.9 Å². The van der Waals surface area contributed by atoms with Crippen LogP contribution in [-0.4, -0.2) is 19.8 Å². The Kier molecular flexibility index (Phi) is 13.3. The van der Waals surface area contributed by atoms with Gasteiger partial charge in [0.05, 0.1) is 6.61 Å². The van der Waals surface area contributed by atoms with E-state index in [-0.39, 0.29) is 0 Å². The minimum Gasteiger partial charge on any atom is -0.380 e.